The van der Waals surface area contributed by atoms with Gasteiger partial charge in [0.05, 0.1) is 6.61 Å². The average molecular weight is 208 g/mol. The Labute approximate surface area is 94.5 Å². The van der Waals surface area contributed by atoms with Crippen LogP contribution in [0.4, 0.5) is 0 Å². The van der Waals surface area contributed by atoms with Gasteiger partial charge in [0.1, 0.15) is 5.75 Å². The highest BCUT2D eigenvalue weighted by Crippen LogP contribution is 2.14. The van der Waals surface area contributed by atoms with E-state index in [0.717, 1.165) is 24.7 Å². The van der Waals surface area contributed by atoms with Gasteiger partial charge in [0.15, 0.2) is 0 Å². The lowest BCUT2D eigenvalue weighted by Gasteiger charge is -2.06. The molecule has 86 valence electrons. The molecule has 0 heterocycles. The van der Waals surface area contributed by atoms with Crippen LogP contribution >= 0.6 is 0 Å². The van der Waals surface area contributed by atoms with Gasteiger partial charge in [0.25, 0.3) is 0 Å². The molecule has 1 heteroatoms. The van der Waals surface area contributed by atoms with Gasteiger partial charge < -0.3 is 4.74 Å². The summed E-state index contributed by atoms with van der Waals surface area (Å²) in [7, 11) is 0. The number of benzene rings is 1. The van der Waals surface area contributed by atoms with Crippen molar-refractivity contribution >= 4 is 0 Å². The Bertz CT molecular complexity index is 236. The third kappa shape index (κ3) is 6.16. The van der Waals surface area contributed by atoms with Gasteiger partial charge in [-0.15, -0.1) is 0 Å². The molecule has 0 aliphatic carbocycles. The summed E-state index contributed by atoms with van der Waals surface area (Å²) in [6, 6.07) is 8.37. The van der Waals surface area contributed by atoms with Crippen LogP contribution in [0.5, 0.6) is 5.75 Å². The molecule has 1 aromatic rings. The maximum absolute atomic E-state index is 5.37. The maximum Gasteiger partial charge on any atom is 0.119 e. The van der Waals surface area contributed by atoms with Crippen LogP contribution in [0.15, 0.2) is 24.3 Å². The second kappa shape index (κ2) is 8.34. The van der Waals surface area contributed by atoms with Crippen molar-refractivity contribution in [3.63, 3.8) is 0 Å². The van der Waals surface area contributed by atoms with E-state index in [1.54, 1.807) is 0 Å². The van der Waals surface area contributed by atoms with E-state index in [0.29, 0.717) is 0 Å². The van der Waals surface area contributed by atoms with Gasteiger partial charge in [0.2, 0.25) is 0 Å². The molecule has 15 heavy (non-hydrogen) atoms. The molecule has 0 atom stereocenters. The lowest BCUT2D eigenvalue weighted by atomic mass is 10.0. The zero-order chi connectivity index (χ0) is 11.7. The SMILES string of the molecule is CC.CCOc1ccc(CC(C)C)cc1. The van der Waals surface area contributed by atoms with Gasteiger partial charge >= 0.3 is 0 Å². The van der Waals surface area contributed by atoms with Crippen molar-refractivity contribution in [1.82, 2.24) is 0 Å². The summed E-state index contributed by atoms with van der Waals surface area (Å²) < 4.78 is 5.37. The Balaban J connectivity index is 0.000000921. The summed E-state index contributed by atoms with van der Waals surface area (Å²) in [6.07, 6.45) is 1.15. The number of ether oxygens (including phenoxy) is 1. The van der Waals surface area contributed by atoms with Crippen molar-refractivity contribution in [3.05, 3.63) is 29.8 Å². The number of hydrogen-bond donors (Lipinski definition) is 0. The van der Waals surface area contributed by atoms with E-state index in [-0.39, 0.29) is 0 Å². The van der Waals surface area contributed by atoms with Gasteiger partial charge in [-0.05, 0) is 37.0 Å². The van der Waals surface area contributed by atoms with Gasteiger partial charge in [-0.1, -0.05) is 39.8 Å². The first-order valence-corrected chi connectivity index (χ1v) is 5.94. The summed E-state index contributed by atoms with van der Waals surface area (Å²) in [6.45, 7) is 11.2. The summed E-state index contributed by atoms with van der Waals surface area (Å²) in [5, 5.41) is 0. The molecule has 0 radical (unpaired) electrons. The van der Waals surface area contributed by atoms with Crippen molar-refractivity contribution in [2.24, 2.45) is 5.92 Å². The highest BCUT2D eigenvalue weighted by Gasteiger charge is 1.97. The first kappa shape index (κ1) is 14.0. The minimum absolute atomic E-state index is 0.720. The first-order valence-electron chi connectivity index (χ1n) is 5.94. The molecule has 0 saturated carbocycles. The van der Waals surface area contributed by atoms with Crippen LogP contribution in [0.1, 0.15) is 40.2 Å². The topological polar surface area (TPSA) is 9.23 Å². The van der Waals surface area contributed by atoms with E-state index < -0.39 is 0 Å². The van der Waals surface area contributed by atoms with Gasteiger partial charge in [-0.2, -0.15) is 0 Å². The van der Waals surface area contributed by atoms with Crippen molar-refractivity contribution < 1.29 is 4.74 Å². The Hall–Kier alpha value is -0.980. The zero-order valence-corrected chi connectivity index (χ0v) is 10.7. The van der Waals surface area contributed by atoms with Crippen LogP contribution in [0, 0.1) is 5.92 Å². The standard InChI is InChI=1S/C12H18O.C2H6/c1-4-13-12-7-5-11(6-8-12)9-10(2)3;1-2/h5-8,10H,4,9H2,1-3H3;1-2H3. The van der Waals surface area contributed by atoms with E-state index >= 15 is 0 Å². The Morgan fingerprint density at radius 1 is 1.07 bits per heavy atom. The average Bonchev–Trinajstić information content (AvgIpc) is 2.24. The second-order valence-electron chi connectivity index (χ2n) is 3.67. The van der Waals surface area contributed by atoms with Crippen LogP contribution < -0.4 is 4.74 Å². The molecule has 0 spiro atoms. The Morgan fingerprint density at radius 3 is 2.00 bits per heavy atom. The molecule has 0 fully saturated rings. The fourth-order valence-electron chi connectivity index (χ4n) is 1.36. The molecular formula is C14H24O. The van der Waals surface area contributed by atoms with Crippen molar-refractivity contribution in [3.8, 4) is 5.75 Å². The molecule has 1 nitrogen and oxygen atoms in total. The molecule has 0 amide bonds. The summed E-state index contributed by atoms with van der Waals surface area (Å²) in [5.74, 6) is 1.69. The van der Waals surface area contributed by atoms with Crippen LogP contribution in [-0.4, -0.2) is 6.61 Å². The molecule has 0 saturated heterocycles. The Kier molecular flexibility index (Phi) is 7.79. The normalized spacial score (nSPS) is 9.47. The minimum atomic E-state index is 0.720. The summed E-state index contributed by atoms with van der Waals surface area (Å²) in [5.41, 5.74) is 1.39. The predicted molar refractivity (Wildman–Crippen MR) is 67.5 cm³/mol. The molecule has 0 aliphatic heterocycles. The summed E-state index contributed by atoms with van der Waals surface area (Å²) >= 11 is 0. The van der Waals surface area contributed by atoms with Crippen LogP contribution in [0.2, 0.25) is 0 Å². The molecule has 1 aromatic carbocycles. The molecule has 0 N–H and O–H groups in total. The lowest BCUT2D eigenvalue weighted by molar-refractivity contribution is 0.340. The predicted octanol–water partition coefficient (Wildman–Crippen LogP) is 4.31. The molecular weight excluding hydrogens is 184 g/mol. The number of hydrogen-bond acceptors (Lipinski definition) is 1. The zero-order valence-electron chi connectivity index (χ0n) is 10.7. The lowest BCUT2D eigenvalue weighted by Crippen LogP contribution is -1.95. The quantitative estimate of drug-likeness (QED) is 0.716. The number of rotatable bonds is 4. The first-order chi connectivity index (χ1) is 7.22. The highest BCUT2D eigenvalue weighted by molar-refractivity contribution is 5.27. The summed E-state index contributed by atoms with van der Waals surface area (Å²) in [4.78, 5) is 0. The molecule has 0 aliphatic rings. The third-order valence-corrected chi connectivity index (χ3v) is 1.88. The van der Waals surface area contributed by atoms with Crippen LogP contribution in [0.25, 0.3) is 0 Å². The minimum Gasteiger partial charge on any atom is -0.494 e. The van der Waals surface area contributed by atoms with Gasteiger partial charge in [0, 0.05) is 0 Å². The fourth-order valence-corrected chi connectivity index (χ4v) is 1.36. The van der Waals surface area contributed by atoms with Crippen molar-refractivity contribution in [1.29, 1.82) is 0 Å². The van der Waals surface area contributed by atoms with E-state index in [1.165, 1.54) is 5.56 Å². The van der Waals surface area contributed by atoms with E-state index in [9.17, 15) is 0 Å². The molecule has 0 bridgehead atoms. The monoisotopic (exact) mass is 208 g/mol. The molecule has 0 unspecified atom stereocenters. The van der Waals surface area contributed by atoms with E-state index in [1.807, 2.05) is 32.9 Å². The van der Waals surface area contributed by atoms with Crippen molar-refractivity contribution in [2.75, 3.05) is 6.61 Å². The van der Waals surface area contributed by atoms with Gasteiger partial charge in [-0.25, -0.2) is 0 Å². The third-order valence-electron chi connectivity index (χ3n) is 1.88. The molecule has 0 aromatic heterocycles. The Morgan fingerprint density at radius 2 is 1.60 bits per heavy atom. The van der Waals surface area contributed by atoms with Crippen molar-refractivity contribution in [2.45, 2.75) is 41.0 Å². The van der Waals surface area contributed by atoms with E-state index in [2.05, 4.69) is 26.0 Å². The van der Waals surface area contributed by atoms with Crippen LogP contribution in [0.3, 0.4) is 0 Å². The largest absolute Gasteiger partial charge is 0.494 e. The van der Waals surface area contributed by atoms with Gasteiger partial charge in [-0.3, -0.25) is 0 Å². The molecule has 1 rings (SSSR count). The van der Waals surface area contributed by atoms with E-state index in [4.69, 9.17) is 4.74 Å². The highest BCUT2D eigenvalue weighted by atomic mass is 16.5. The maximum atomic E-state index is 5.37. The second-order valence-corrected chi connectivity index (χ2v) is 3.67. The van der Waals surface area contributed by atoms with Crippen LogP contribution in [-0.2, 0) is 6.42 Å². The smallest absolute Gasteiger partial charge is 0.119 e. The fraction of sp³-hybridized carbons (Fsp3) is 0.571.